The molecule has 2 aliphatic rings. The number of hydrogen-bond acceptors (Lipinski definition) is 3. The molecule has 0 bridgehead atoms. The van der Waals surface area contributed by atoms with E-state index in [4.69, 9.17) is 0 Å². The molecule has 7 heteroatoms. The maximum absolute atomic E-state index is 12.3. The van der Waals surface area contributed by atoms with Gasteiger partial charge in [-0.25, -0.2) is 0 Å². The molecule has 1 saturated carbocycles. The first-order valence-electron chi connectivity index (χ1n) is 10.7. The van der Waals surface area contributed by atoms with E-state index in [9.17, 15) is 4.79 Å². The van der Waals surface area contributed by atoms with E-state index in [1.165, 1.54) is 25.7 Å². The van der Waals surface area contributed by atoms with Gasteiger partial charge in [0.05, 0.1) is 0 Å². The predicted molar refractivity (Wildman–Crippen MR) is 128 cm³/mol. The summed E-state index contributed by atoms with van der Waals surface area (Å²) in [6, 6.07) is 0. The summed E-state index contributed by atoms with van der Waals surface area (Å²) in [5, 5.41) is 3.48. The summed E-state index contributed by atoms with van der Waals surface area (Å²) in [6.45, 7) is 10.4. The molecule has 0 aromatic rings. The Kier molecular flexibility index (Phi) is 12.8. The highest BCUT2D eigenvalue weighted by molar-refractivity contribution is 14.0. The lowest BCUT2D eigenvalue weighted by Crippen LogP contribution is -2.52. The topological polar surface area (TPSA) is 51.2 Å². The number of nitrogens with one attached hydrogen (secondary N) is 1. The van der Waals surface area contributed by atoms with Gasteiger partial charge in [-0.1, -0.05) is 18.9 Å². The average molecular weight is 505 g/mol. The minimum atomic E-state index is 0. The van der Waals surface area contributed by atoms with Gasteiger partial charge < -0.3 is 15.1 Å². The van der Waals surface area contributed by atoms with Gasteiger partial charge in [0.25, 0.3) is 0 Å². The van der Waals surface area contributed by atoms with Gasteiger partial charge in [0.1, 0.15) is 0 Å². The number of halogens is 1. The van der Waals surface area contributed by atoms with Crippen molar-refractivity contribution in [3.63, 3.8) is 0 Å². The molecule has 0 aromatic carbocycles. The van der Waals surface area contributed by atoms with Gasteiger partial charge in [-0.15, -0.1) is 30.6 Å². The van der Waals surface area contributed by atoms with Gasteiger partial charge >= 0.3 is 0 Å². The van der Waals surface area contributed by atoms with Crippen LogP contribution in [0.5, 0.6) is 0 Å². The number of piperazine rings is 1. The monoisotopic (exact) mass is 505 g/mol. The number of nitrogens with zero attached hydrogens (tertiary/aromatic N) is 4. The molecule has 1 aliphatic heterocycles. The zero-order valence-electron chi connectivity index (χ0n) is 17.9. The van der Waals surface area contributed by atoms with E-state index in [1.54, 1.807) is 0 Å². The van der Waals surface area contributed by atoms with Crippen LogP contribution < -0.4 is 5.32 Å². The van der Waals surface area contributed by atoms with Crippen LogP contribution >= 0.6 is 24.0 Å². The van der Waals surface area contributed by atoms with Gasteiger partial charge in [-0.05, 0) is 32.1 Å². The summed E-state index contributed by atoms with van der Waals surface area (Å²) in [5.74, 6) is 1.69. The molecule has 162 valence electrons. The third-order valence-electron chi connectivity index (χ3n) is 5.82. The first-order valence-corrected chi connectivity index (χ1v) is 10.7. The Morgan fingerprint density at radius 2 is 1.93 bits per heavy atom. The fourth-order valence-corrected chi connectivity index (χ4v) is 3.74. The van der Waals surface area contributed by atoms with Crippen molar-refractivity contribution >= 4 is 35.8 Å². The minimum absolute atomic E-state index is 0. The molecule has 2 rings (SSSR count). The fourth-order valence-electron chi connectivity index (χ4n) is 3.74. The van der Waals surface area contributed by atoms with Crippen LogP contribution in [0.25, 0.3) is 0 Å². The minimum Gasteiger partial charge on any atom is -0.355 e. The van der Waals surface area contributed by atoms with E-state index in [-0.39, 0.29) is 24.0 Å². The smallest absolute Gasteiger partial charge is 0.225 e. The normalized spacial score (nSPS) is 18.2. The average Bonchev–Trinajstić information content (AvgIpc) is 2.64. The maximum Gasteiger partial charge on any atom is 0.225 e. The largest absolute Gasteiger partial charge is 0.355 e. The van der Waals surface area contributed by atoms with Crippen molar-refractivity contribution in [1.29, 1.82) is 0 Å². The van der Waals surface area contributed by atoms with Crippen LogP contribution in [0.3, 0.4) is 0 Å². The van der Waals surface area contributed by atoms with Gasteiger partial charge in [0.2, 0.25) is 5.91 Å². The number of carbonyl (C=O) groups is 1. The van der Waals surface area contributed by atoms with Crippen LogP contribution in [0.15, 0.2) is 17.6 Å². The Morgan fingerprint density at radius 3 is 2.50 bits per heavy atom. The number of guanidine groups is 1. The van der Waals surface area contributed by atoms with E-state index in [0.29, 0.717) is 11.8 Å². The summed E-state index contributed by atoms with van der Waals surface area (Å²) >= 11 is 0. The molecule has 6 nitrogen and oxygen atoms in total. The van der Waals surface area contributed by atoms with Crippen molar-refractivity contribution in [2.24, 2.45) is 10.9 Å². The van der Waals surface area contributed by atoms with Crippen LogP contribution in [0.2, 0.25) is 0 Å². The van der Waals surface area contributed by atoms with Gasteiger partial charge in [0.15, 0.2) is 5.96 Å². The molecule has 1 heterocycles. The molecule has 1 N–H and O–H groups in total. The fraction of sp³-hybridized carbons (Fsp3) is 0.810. The number of amides is 1. The number of aliphatic imine (C=N–C) groups is 1. The number of rotatable bonds is 10. The Hall–Kier alpha value is -0.830. The Bertz CT molecular complexity index is 487. The first-order chi connectivity index (χ1) is 13.2. The van der Waals surface area contributed by atoms with Crippen LogP contribution in [-0.4, -0.2) is 86.5 Å². The number of allylic oxidation sites excluding steroid dienone is 1. The van der Waals surface area contributed by atoms with Crippen molar-refractivity contribution in [3.8, 4) is 0 Å². The first kappa shape index (κ1) is 25.2. The Balaban J connectivity index is 0.00000392. The zero-order chi connectivity index (χ0) is 19.5. The van der Waals surface area contributed by atoms with Crippen LogP contribution in [0.4, 0.5) is 0 Å². The molecule has 0 unspecified atom stereocenters. The highest BCUT2D eigenvalue weighted by Crippen LogP contribution is 2.28. The van der Waals surface area contributed by atoms with Crippen LogP contribution in [0.1, 0.15) is 44.9 Å². The van der Waals surface area contributed by atoms with E-state index in [1.807, 2.05) is 13.1 Å². The highest BCUT2D eigenvalue weighted by Gasteiger charge is 2.30. The van der Waals surface area contributed by atoms with Crippen molar-refractivity contribution in [1.82, 2.24) is 20.0 Å². The van der Waals surface area contributed by atoms with Gasteiger partial charge in [-0.2, -0.15) is 0 Å². The molecule has 1 saturated heterocycles. The van der Waals surface area contributed by atoms with E-state index >= 15 is 0 Å². The van der Waals surface area contributed by atoms with E-state index in [2.05, 4.69) is 38.6 Å². The van der Waals surface area contributed by atoms with Crippen LogP contribution in [-0.2, 0) is 4.79 Å². The third kappa shape index (κ3) is 8.27. The summed E-state index contributed by atoms with van der Waals surface area (Å²) in [4.78, 5) is 23.4. The predicted octanol–water partition coefficient (Wildman–Crippen LogP) is 2.80. The van der Waals surface area contributed by atoms with Crippen molar-refractivity contribution < 1.29 is 4.79 Å². The number of carbonyl (C=O) groups excluding carboxylic acids is 1. The van der Waals surface area contributed by atoms with Gasteiger partial charge in [0, 0.05) is 65.8 Å². The second-order valence-corrected chi connectivity index (χ2v) is 7.83. The summed E-state index contributed by atoms with van der Waals surface area (Å²) < 4.78 is 0. The Morgan fingerprint density at radius 1 is 1.21 bits per heavy atom. The lowest BCUT2D eigenvalue weighted by Gasteiger charge is -2.38. The zero-order valence-corrected chi connectivity index (χ0v) is 20.2. The van der Waals surface area contributed by atoms with Gasteiger partial charge in [-0.3, -0.25) is 14.7 Å². The SMILES string of the molecule is C=CCCCCCN(C)C(=NC)NCCN1CCN(C(=O)C2CCC2)CC1.I. The van der Waals surface area contributed by atoms with E-state index in [0.717, 1.165) is 71.0 Å². The molecule has 28 heavy (non-hydrogen) atoms. The van der Waals surface area contributed by atoms with Crippen molar-refractivity contribution in [3.05, 3.63) is 12.7 Å². The lowest BCUT2D eigenvalue weighted by atomic mass is 9.84. The quantitative estimate of drug-likeness (QED) is 0.163. The van der Waals surface area contributed by atoms with Crippen molar-refractivity contribution in [2.45, 2.75) is 44.9 Å². The third-order valence-corrected chi connectivity index (χ3v) is 5.82. The van der Waals surface area contributed by atoms with Crippen LogP contribution in [0, 0.1) is 5.92 Å². The second-order valence-electron chi connectivity index (χ2n) is 7.83. The lowest BCUT2D eigenvalue weighted by molar-refractivity contribution is -0.139. The molecule has 1 amide bonds. The summed E-state index contributed by atoms with van der Waals surface area (Å²) in [7, 11) is 3.95. The maximum atomic E-state index is 12.3. The summed E-state index contributed by atoms with van der Waals surface area (Å²) in [5.41, 5.74) is 0. The standard InChI is InChI=1S/C21H39N5O.HI/c1-4-5-6-7-8-13-24(3)21(22-2)23-12-14-25-15-17-26(18-16-25)20(27)19-10-9-11-19;/h4,19H,1,5-18H2,2-3H3,(H,22,23);1H. The molecule has 0 radical (unpaired) electrons. The molecule has 0 atom stereocenters. The molecular formula is C21H40IN5O. The summed E-state index contributed by atoms with van der Waals surface area (Å²) in [6.07, 6.45) is 10.2. The number of hydrogen-bond donors (Lipinski definition) is 1. The highest BCUT2D eigenvalue weighted by atomic mass is 127. The van der Waals surface area contributed by atoms with Crippen molar-refractivity contribution in [2.75, 3.05) is 59.9 Å². The second kappa shape index (κ2) is 14.2. The van der Waals surface area contributed by atoms with E-state index < -0.39 is 0 Å². The molecule has 2 fully saturated rings. The molecule has 0 aromatic heterocycles. The molecule has 1 aliphatic carbocycles. The Labute approximate surface area is 188 Å². The number of unbranched alkanes of at least 4 members (excludes halogenated alkanes) is 3. The molecular weight excluding hydrogens is 465 g/mol. The molecule has 0 spiro atoms.